The third-order valence-corrected chi connectivity index (χ3v) is 3.17. The van der Waals surface area contributed by atoms with Crippen LogP contribution in [-0.2, 0) is 13.1 Å². The molecular formula is C11H14N2O2. The second-order valence-electron chi connectivity index (χ2n) is 4.01. The molecule has 15 heavy (non-hydrogen) atoms. The Hall–Kier alpha value is -1.58. The average molecular weight is 206 g/mol. The van der Waals surface area contributed by atoms with Crippen molar-refractivity contribution in [2.24, 2.45) is 0 Å². The molecule has 4 nitrogen and oxygen atoms in total. The molecule has 0 fully saturated rings. The second kappa shape index (κ2) is 3.22. The molecule has 2 rings (SSSR count). The van der Waals surface area contributed by atoms with Crippen LogP contribution in [0.2, 0.25) is 0 Å². The van der Waals surface area contributed by atoms with E-state index in [4.69, 9.17) is 5.11 Å². The van der Waals surface area contributed by atoms with E-state index in [0.29, 0.717) is 13.1 Å². The monoisotopic (exact) mass is 206 g/mol. The number of nitrogens with zero attached hydrogens (tertiary/aromatic N) is 2. The minimum atomic E-state index is -0.872. The van der Waals surface area contributed by atoms with Gasteiger partial charge in [-0.05, 0) is 37.5 Å². The van der Waals surface area contributed by atoms with Crippen molar-refractivity contribution in [3.63, 3.8) is 0 Å². The molecule has 1 amide bonds. The fourth-order valence-corrected chi connectivity index (χ4v) is 1.97. The topological polar surface area (TPSA) is 53.4 Å². The van der Waals surface area contributed by atoms with E-state index < -0.39 is 6.09 Å². The van der Waals surface area contributed by atoms with Crippen LogP contribution in [0.3, 0.4) is 0 Å². The predicted molar refractivity (Wildman–Crippen MR) is 55.7 cm³/mol. The first-order valence-electron chi connectivity index (χ1n) is 4.94. The van der Waals surface area contributed by atoms with Gasteiger partial charge in [0.15, 0.2) is 0 Å². The van der Waals surface area contributed by atoms with Gasteiger partial charge in [0.25, 0.3) is 0 Å². The number of carbonyl (C=O) groups is 1. The summed E-state index contributed by atoms with van der Waals surface area (Å²) in [6.07, 6.45) is -0.872. The molecule has 1 aliphatic heterocycles. The minimum absolute atomic E-state index is 0.423. The van der Waals surface area contributed by atoms with Crippen molar-refractivity contribution < 1.29 is 9.90 Å². The summed E-state index contributed by atoms with van der Waals surface area (Å²) in [5.41, 5.74) is 5.35. The number of aromatic nitrogens is 1. The highest BCUT2D eigenvalue weighted by Crippen LogP contribution is 2.27. The van der Waals surface area contributed by atoms with Gasteiger partial charge in [-0.3, -0.25) is 9.88 Å². The van der Waals surface area contributed by atoms with E-state index in [2.05, 4.69) is 4.98 Å². The quantitative estimate of drug-likeness (QED) is 0.706. The van der Waals surface area contributed by atoms with Crippen molar-refractivity contribution >= 4 is 6.09 Å². The molecule has 0 unspecified atom stereocenters. The van der Waals surface area contributed by atoms with Crippen LogP contribution in [0.15, 0.2) is 0 Å². The zero-order valence-electron chi connectivity index (χ0n) is 9.16. The van der Waals surface area contributed by atoms with Gasteiger partial charge in [-0.2, -0.15) is 0 Å². The van der Waals surface area contributed by atoms with Gasteiger partial charge >= 0.3 is 6.09 Å². The lowest BCUT2D eigenvalue weighted by atomic mass is 10.0. The van der Waals surface area contributed by atoms with Crippen LogP contribution in [0, 0.1) is 20.8 Å². The van der Waals surface area contributed by atoms with Crippen molar-refractivity contribution in [3.8, 4) is 0 Å². The molecule has 1 N–H and O–H groups in total. The normalized spacial score (nSPS) is 14.2. The number of rotatable bonds is 0. The summed E-state index contributed by atoms with van der Waals surface area (Å²) < 4.78 is 0. The first kappa shape index (κ1) is 9.96. The van der Waals surface area contributed by atoms with Crippen molar-refractivity contribution in [1.82, 2.24) is 9.88 Å². The maximum absolute atomic E-state index is 10.8. The van der Waals surface area contributed by atoms with Gasteiger partial charge in [-0.15, -0.1) is 0 Å². The van der Waals surface area contributed by atoms with E-state index in [9.17, 15) is 4.79 Å². The smallest absolute Gasteiger partial charge is 0.407 e. The van der Waals surface area contributed by atoms with Gasteiger partial charge in [-0.25, -0.2) is 4.79 Å². The predicted octanol–water partition coefficient (Wildman–Crippen LogP) is 2.00. The van der Waals surface area contributed by atoms with Crippen molar-refractivity contribution in [1.29, 1.82) is 0 Å². The Bertz CT molecular complexity index is 441. The molecule has 4 heteroatoms. The van der Waals surface area contributed by atoms with Crippen LogP contribution in [0.1, 0.15) is 28.1 Å². The van der Waals surface area contributed by atoms with E-state index in [1.165, 1.54) is 16.0 Å². The van der Waals surface area contributed by atoms with Crippen molar-refractivity contribution in [2.45, 2.75) is 33.9 Å². The molecule has 0 bridgehead atoms. The van der Waals surface area contributed by atoms with Crippen LogP contribution < -0.4 is 0 Å². The molecule has 1 aliphatic rings. The molecule has 0 aromatic carbocycles. The molecular weight excluding hydrogens is 192 g/mol. The van der Waals surface area contributed by atoms with E-state index in [-0.39, 0.29) is 0 Å². The number of fused-ring (bicyclic) bond motifs is 1. The summed E-state index contributed by atoms with van der Waals surface area (Å²) in [6, 6.07) is 0. The minimum Gasteiger partial charge on any atom is -0.465 e. The summed E-state index contributed by atoms with van der Waals surface area (Å²) in [5, 5.41) is 8.91. The molecule has 1 aromatic rings. The molecule has 1 aromatic heterocycles. The zero-order chi connectivity index (χ0) is 11.2. The van der Waals surface area contributed by atoms with E-state index in [1.807, 2.05) is 20.8 Å². The highest BCUT2D eigenvalue weighted by Gasteiger charge is 2.26. The SMILES string of the molecule is Cc1nc2c(c(C)c1C)CN(C(=O)O)C2. The molecule has 0 aliphatic carbocycles. The fraction of sp³-hybridized carbons (Fsp3) is 0.455. The summed E-state index contributed by atoms with van der Waals surface area (Å²) >= 11 is 0. The van der Waals surface area contributed by atoms with Crippen LogP contribution in [-0.4, -0.2) is 21.1 Å². The van der Waals surface area contributed by atoms with Crippen LogP contribution in [0.25, 0.3) is 0 Å². The van der Waals surface area contributed by atoms with E-state index >= 15 is 0 Å². The van der Waals surface area contributed by atoms with Crippen LogP contribution in [0.5, 0.6) is 0 Å². The molecule has 2 heterocycles. The van der Waals surface area contributed by atoms with E-state index in [1.54, 1.807) is 0 Å². The van der Waals surface area contributed by atoms with Gasteiger partial charge < -0.3 is 5.11 Å². The van der Waals surface area contributed by atoms with Gasteiger partial charge in [-0.1, -0.05) is 0 Å². The summed E-state index contributed by atoms with van der Waals surface area (Å²) in [4.78, 5) is 16.7. The Labute approximate surface area is 88.6 Å². The van der Waals surface area contributed by atoms with Crippen molar-refractivity contribution in [2.75, 3.05) is 0 Å². The number of hydrogen-bond acceptors (Lipinski definition) is 2. The van der Waals surface area contributed by atoms with Crippen molar-refractivity contribution in [3.05, 3.63) is 28.1 Å². The number of pyridine rings is 1. The number of carboxylic acid groups (broad SMARTS) is 1. The molecule has 80 valence electrons. The summed E-state index contributed by atoms with van der Waals surface area (Å²) in [5.74, 6) is 0. The molecule has 0 atom stereocenters. The largest absolute Gasteiger partial charge is 0.465 e. The first-order chi connectivity index (χ1) is 7.00. The van der Waals surface area contributed by atoms with Gasteiger partial charge in [0.05, 0.1) is 18.8 Å². The average Bonchev–Trinajstić information content (AvgIpc) is 2.58. The lowest BCUT2D eigenvalue weighted by Gasteiger charge is -2.09. The highest BCUT2D eigenvalue weighted by atomic mass is 16.4. The highest BCUT2D eigenvalue weighted by molar-refractivity contribution is 5.66. The van der Waals surface area contributed by atoms with Gasteiger partial charge in [0.1, 0.15) is 0 Å². The maximum Gasteiger partial charge on any atom is 0.407 e. The Morgan fingerprint density at radius 2 is 1.93 bits per heavy atom. The Balaban J connectivity index is 2.47. The first-order valence-corrected chi connectivity index (χ1v) is 4.94. The third kappa shape index (κ3) is 1.46. The molecule has 0 spiro atoms. The van der Waals surface area contributed by atoms with E-state index in [0.717, 1.165) is 17.0 Å². The Morgan fingerprint density at radius 1 is 1.27 bits per heavy atom. The number of hydrogen-bond donors (Lipinski definition) is 1. The fourth-order valence-electron chi connectivity index (χ4n) is 1.97. The van der Waals surface area contributed by atoms with Crippen LogP contribution >= 0.6 is 0 Å². The lowest BCUT2D eigenvalue weighted by Crippen LogP contribution is -2.22. The van der Waals surface area contributed by atoms with Gasteiger partial charge in [0.2, 0.25) is 0 Å². The number of aryl methyl sites for hydroxylation is 1. The maximum atomic E-state index is 10.8. The second-order valence-corrected chi connectivity index (χ2v) is 4.01. The molecule has 0 saturated heterocycles. The van der Waals surface area contributed by atoms with Gasteiger partial charge in [0, 0.05) is 5.69 Å². The molecule has 0 radical (unpaired) electrons. The summed E-state index contributed by atoms with van der Waals surface area (Å²) in [6.45, 7) is 6.93. The third-order valence-electron chi connectivity index (χ3n) is 3.17. The zero-order valence-corrected chi connectivity index (χ0v) is 9.16. The Morgan fingerprint density at radius 3 is 2.53 bits per heavy atom. The number of amides is 1. The standard InChI is InChI=1S/C11H14N2O2/c1-6-7(2)9-4-13(11(14)15)5-10(9)12-8(6)3/h4-5H2,1-3H3,(H,14,15). The van der Waals surface area contributed by atoms with Crippen LogP contribution in [0.4, 0.5) is 4.79 Å². The lowest BCUT2D eigenvalue weighted by molar-refractivity contribution is 0.145. The molecule has 0 saturated carbocycles. The Kier molecular flexibility index (Phi) is 2.14. The summed E-state index contributed by atoms with van der Waals surface area (Å²) in [7, 11) is 0.